The number of carbonyl (C=O) groups is 1. The number of rotatable bonds is 8. The van der Waals surface area contributed by atoms with Crippen LogP contribution in [0.4, 0.5) is 17.3 Å². The molecule has 224 valence electrons. The van der Waals surface area contributed by atoms with Crippen molar-refractivity contribution in [3.05, 3.63) is 73.3 Å². The number of carbonyl (C=O) groups excluding carboxylic acids is 1. The van der Waals surface area contributed by atoms with Gasteiger partial charge in [0.2, 0.25) is 0 Å². The van der Waals surface area contributed by atoms with Crippen LogP contribution in [0.1, 0.15) is 31.2 Å². The van der Waals surface area contributed by atoms with Crippen LogP contribution in [0.2, 0.25) is 0 Å². The van der Waals surface area contributed by atoms with Crippen LogP contribution in [0.5, 0.6) is 17.2 Å². The second kappa shape index (κ2) is 11.6. The van der Waals surface area contributed by atoms with Crippen LogP contribution in [0, 0.1) is 18.8 Å². The van der Waals surface area contributed by atoms with Gasteiger partial charge in [-0.2, -0.15) is 0 Å². The maximum atomic E-state index is 11.9. The van der Waals surface area contributed by atoms with Gasteiger partial charge in [0.1, 0.15) is 23.3 Å². The highest BCUT2D eigenvalue weighted by molar-refractivity contribution is 5.90. The number of fused-ring (bicyclic) bond motifs is 6. The summed E-state index contributed by atoms with van der Waals surface area (Å²) in [4.78, 5) is 32.8. The molecule has 1 fully saturated rings. The minimum absolute atomic E-state index is 0.107. The molecule has 5 aromatic rings. The summed E-state index contributed by atoms with van der Waals surface area (Å²) in [6.07, 6.45) is 8.29. The molecule has 2 aromatic carbocycles. The number of hydrogen-bond donors (Lipinski definition) is 1. The Morgan fingerprint density at radius 3 is 2.93 bits per heavy atom. The van der Waals surface area contributed by atoms with Crippen molar-refractivity contribution in [2.24, 2.45) is 18.9 Å². The molecule has 5 heterocycles. The predicted octanol–water partition coefficient (Wildman–Crippen LogP) is 6.52. The lowest BCUT2D eigenvalue weighted by Gasteiger charge is -2.25. The van der Waals surface area contributed by atoms with Crippen molar-refractivity contribution < 1.29 is 14.3 Å². The molecule has 2 bridgehead atoms. The molecule has 1 N–H and O–H groups in total. The van der Waals surface area contributed by atoms with Gasteiger partial charge in [-0.1, -0.05) is 6.58 Å². The van der Waals surface area contributed by atoms with Gasteiger partial charge in [0.25, 0.3) is 0 Å². The number of nitrogens with zero attached hydrogens (tertiary/aromatic N) is 6. The number of ether oxygens (including phenoxy) is 2. The topological polar surface area (TPSA) is 107 Å². The van der Waals surface area contributed by atoms with E-state index in [1.54, 1.807) is 12.7 Å². The van der Waals surface area contributed by atoms with E-state index in [2.05, 4.69) is 31.7 Å². The van der Waals surface area contributed by atoms with Crippen LogP contribution in [0.25, 0.3) is 22.1 Å². The molecule has 10 nitrogen and oxygen atoms in total. The van der Waals surface area contributed by atoms with E-state index >= 15 is 0 Å². The van der Waals surface area contributed by atoms with Crippen LogP contribution >= 0.6 is 0 Å². The molecular formula is C34H35N7O3. The first-order chi connectivity index (χ1) is 21.4. The van der Waals surface area contributed by atoms with Crippen LogP contribution in [-0.4, -0.2) is 50.0 Å². The zero-order valence-corrected chi connectivity index (χ0v) is 25.0. The second-order valence-corrected chi connectivity index (χ2v) is 11.7. The van der Waals surface area contributed by atoms with Crippen molar-refractivity contribution in [3.63, 3.8) is 0 Å². The number of allylic oxidation sites excluding steroid dienone is 1. The smallest absolute Gasteiger partial charge is 0.172 e. The summed E-state index contributed by atoms with van der Waals surface area (Å²) < 4.78 is 14.5. The van der Waals surface area contributed by atoms with E-state index in [4.69, 9.17) is 14.5 Å². The Kier molecular flexibility index (Phi) is 7.33. The number of aromatic nitrogens is 5. The molecule has 1 unspecified atom stereocenters. The predicted molar refractivity (Wildman–Crippen MR) is 171 cm³/mol. The number of imidazole rings is 1. The quantitative estimate of drug-likeness (QED) is 0.203. The summed E-state index contributed by atoms with van der Waals surface area (Å²) in [6.45, 7) is 7.98. The van der Waals surface area contributed by atoms with Crippen molar-refractivity contribution in [2.75, 3.05) is 29.9 Å². The third-order valence-electron chi connectivity index (χ3n) is 8.79. The van der Waals surface area contributed by atoms with Crippen molar-refractivity contribution >= 4 is 45.2 Å². The Labute approximate surface area is 255 Å². The summed E-state index contributed by atoms with van der Waals surface area (Å²) in [7, 11) is 1.98. The molecule has 44 heavy (non-hydrogen) atoms. The van der Waals surface area contributed by atoms with Crippen LogP contribution in [-0.2, 0) is 11.8 Å². The lowest BCUT2D eigenvalue weighted by atomic mass is 9.85. The minimum atomic E-state index is 0.107. The summed E-state index contributed by atoms with van der Waals surface area (Å²) in [6, 6.07) is 13.8. The normalized spacial score (nSPS) is 17.8. The van der Waals surface area contributed by atoms with Gasteiger partial charge in [0.05, 0.1) is 29.5 Å². The van der Waals surface area contributed by atoms with E-state index in [0.717, 1.165) is 77.7 Å². The van der Waals surface area contributed by atoms with Crippen molar-refractivity contribution in [2.45, 2.75) is 32.6 Å². The first-order valence-corrected chi connectivity index (χ1v) is 15.1. The molecule has 0 spiro atoms. The number of hydrogen-bond acceptors (Lipinski definition) is 9. The van der Waals surface area contributed by atoms with Gasteiger partial charge in [-0.25, -0.2) is 19.9 Å². The molecule has 0 aliphatic carbocycles. The first-order valence-electron chi connectivity index (χ1n) is 15.1. The lowest BCUT2D eigenvalue weighted by Crippen LogP contribution is -2.31. The van der Waals surface area contributed by atoms with E-state index in [-0.39, 0.29) is 5.78 Å². The maximum Gasteiger partial charge on any atom is 0.172 e. The average Bonchev–Trinajstić information content (AvgIpc) is 3.17. The minimum Gasteiger partial charge on any atom is -0.489 e. The van der Waals surface area contributed by atoms with Gasteiger partial charge in [0, 0.05) is 50.3 Å². The van der Waals surface area contributed by atoms with Crippen LogP contribution in [0.15, 0.2) is 67.8 Å². The highest BCUT2D eigenvalue weighted by atomic mass is 16.5. The first kappa shape index (κ1) is 27.8. The van der Waals surface area contributed by atoms with E-state index in [1.807, 2.05) is 61.0 Å². The highest BCUT2D eigenvalue weighted by Gasteiger charge is 2.33. The summed E-state index contributed by atoms with van der Waals surface area (Å²) >= 11 is 0. The van der Waals surface area contributed by atoms with E-state index < -0.39 is 0 Å². The molecule has 7 rings (SSSR count). The molecule has 10 heteroatoms. The molecule has 0 radical (unpaired) electrons. The lowest BCUT2D eigenvalue weighted by molar-refractivity contribution is -0.115. The number of aryl methyl sites for hydroxylation is 2. The van der Waals surface area contributed by atoms with Crippen molar-refractivity contribution in [1.82, 2.24) is 24.5 Å². The fourth-order valence-electron chi connectivity index (χ4n) is 6.36. The largest absolute Gasteiger partial charge is 0.489 e. The van der Waals surface area contributed by atoms with Gasteiger partial charge in [-0.05, 0) is 74.1 Å². The Hall–Kier alpha value is -4.99. The third-order valence-corrected chi connectivity index (χ3v) is 8.79. The highest BCUT2D eigenvalue weighted by Crippen LogP contribution is 2.39. The van der Waals surface area contributed by atoms with Gasteiger partial charge in [-0.15, -0.1) is 0 Å². The molecule has 2 aliphatic rings. The van der Waals surface area contributed by atoms with Gasteiger partial charge in [-0.3, -0.25) is 4.79 Å². The van der Waals surface area contributed by atoms with E-state index in [0.29, 0.717) is 41.7 Å². The standard InChI is InChI=1S/C34H35N7O3/c1-4-25(42)9-7-22-6-5-13-41-17-23(22)18-43-31-16-28-32(39-34(31)41)33(36-19-35-28)38-24-8-12-30(21(2)14-24)44-26-10-11-29-27(15-26)37-20-40(29)3/h4,8,10-12,14-16,19-20,22-23H,1,5-7,9,13,17-18H2,2-3H3,(H,35,36,38)/t22?,23-/m0/s1. The van der Waals surface area contributed by atoms with Gasteiger partial charge in [0.15, 0.2) is 23.2 Å². The number of anilines is 3. The Morgan fingerprint density at radius 1 is 1.16 bits per heavy atom. The van der Waals surface area contributed by atoms with Gasteiger partial charge >= 0.3 is 0 Å². The maximum absolute atomic E-state index is 11.9. The Morgan fingerprint density at radius 2 is 2.07 bits per heavy atom. The number of ketones is 1. The molecule has 2 atom stereocenters. The second-order valence-electron chi connectivity index (χ2n) is 11.7. The molecule has 1 saturated heterocycles. The Bertz CT molecular complexity index is 1880. The summed E-state index contributed by atoms with van der Waals surface area (Å²) in [5.41, 5.74) is 5.20. The fourth-order valence-corrected chi connectivity index (χ4v) is 6.36. The fraction of sp³-hybridized carbons (Fsp3) is 0.324. The van der Waals surface area contributed by atoms with Crippen molar-refractivity contribution in [3.8, 4) is 17.2 Å². The van der Waals surface area contributed by atoms with E-state index in [1.165, 1.54) is 6.08 Å². The zero-order valence-electron chi connectivity index (χ0n) is 25.0. The summed E-state index contributed by atoms with van der Waals surface area (Å²) in [5, 5.41) is 3.45. The zero-order chi connectivity index (χ0) is 30.2. The van der Waals surface area contributed by atoms with Crippen LogP contribution in [0.3, 0.4) is 0 Å². The monoisotopic (exact) mass is 589 g/mol. The molecule has 0 saturated carbocycles. The molecule has 2 aliphatic heterocycles. The number of pyridine rings is 1. The van der Waals surface area contributed by atoms with E-state index in [9.17, 15) is 4.79 Å². The third kappa shape index (κ3) is 5.43. The average molecular weight is 590 g/mol. The van der Waals surface area contributed by atoms with Crippen LogP contribution < -0.4 is 19.7 Å². The van der Waals surface area contributed by atoms with Crippen molar-refractivity contribution in [1.29, 1.82) is 0 Å². The SMILES string of the molecule is C=CC(=O)CCC1CCCN2C[C@H]1COc1cc3ncnc(Nc4ccc(Oc5ccc6c(c5)ncn6C)c(C)c4)c3nc12. The number of benzene rings is 2. The molecular weight excluding hydrogens is 554 g/mol. The molecule has 3 aromatic heterocycles. The Balaban J connectivity index is 1.12. The number of nitrogens with one attached hydrogen (secondary N) is 1. The van der Waals surface area contributed by atoms with Gasteiger partial charge < -0.3 is 24.3 Å². The summed E-state index contributed by atoms with van der Waals surface area (Å²) in [5.74, 6) is 4.56. The molecule has 0 amide bonds.